The Morgan fingerprint density at radius 1 is 1.22 bits per heavy atom. The van der Waals surface area contributed by atoms with Crippen LogP contribution in [0.4, 0.5) is 10.1 Å². The molecule has 0 radical (unpaired) electrons. The molecule has 0 aliphatic carbocycles. The van der Waals surface area contributed by atoms with Gasteiger partial charge in [0.25, 0.3) is 5.56 Å². The van der Waals surface area contributed by atoms with Gasteiger partial charge in [-0.05, 0) is 42.8 Å². The fourth-order valence-corrected chi connectivity index (χ4v) is 3.57. The molecule has 0 saturated carbocycles. The zero-order valence-electron chi connectivity index (χ0n) is 12.5. The Balaban J connectivity index is 1.91. The van der Waals surface area contributed by atoms with Crippen molar-refractivity contribution in [3.8, 4) is 0 Å². The standard InChI is InChI=1S/C17H15FN2O2S/c1-2-14(16(21)19-12-9-7-11(18)8-10-12)20-17(22)13-5-3-4-6-15(13)23-20/h3-10,14H,2H2,1H3,(H,19,21)/t14-/m1/s1. The number of amides is 1. The number of hydrogen-bond donors (Lipinski definition) is 1. The lowest BCUT2D eigenvalue weighted by atomic mass is 10.2. The van der Waals surface area contributed by atoms with Crippen LogP contribution in [0, 0.1) is 5.82 Å². The zero-order valence-corrected chi connectivity index (χ0v) is 13.3. The number of halogens is 1. The van der Waals surface area contributed by atoms with Crippen molar-refractivity contribution >= 4 is 33.2 Å². The largest absolute Gasteiger partial charge is 0.324 e. The second-order valence-electron chi connectivity index (χ2n) is 5.14. The first-order valence-electron chi connectivity index (χ1n) is 7.27. The van der Waals surface area contributed by atoms with Crippen LogP contribution in [0.25, 0.3) is 10.1 Å². The number of rotatable bonds is 4. The number of benzene rings is 2. The topological polar surface area (TPSA) is 51.1 Å². The number of carbonyl (C=O) groups excluding carboxylic acids is 1. The molecule has 0 fully saturated rings. The second-order valence-corrected chi connectivity index (χ2v) is 6.15. The molecular formula is C17H15FN2O2S. The lowest BCUT2D eigenvalue weighted by Crippen LogP contribution is -2.29. The van der Waals surface area contributed by atoms with Crippen molar-refractivity contribution in [1.82, 2.24) is 3.96 Å². The first kappa shape index (κ1) is 15.4. The van der Waals surface area contributed by atoms with Gasteiger partial charge < -0.3 is 5.32 Å². The van der Waals surface area contributed by atoms with Crippen LogP contribution in [0.1, 0.15) is 19.4 Å². The smallest absolute Gasteiger partial charge is 0.269 e. The third kappa shape index (κ3) is 3.03. The maximum Gasteiger partial charge on any atom is 0.269 e. The van der Waals surface area contributed by atoms with Gasteiger partial charge in [0.2, 0.25) is 5.91 Å². The van der Waals surface area contributed by atoms with Crippen LogP contribution in [0.3, 0.4) is 0 Å². The minimum atomic E-state index is -0.593. The summed E-state index contributed by atoms with van der Waals surface area (Å²) in [4.78, 5) is 25.0. The van der Waals surface area contributed by atoms with Crippen LogP contribution in [0.15, 0.2) is 53.3 Å². The Bertz CT molecular complexity index is 899. The number of hydrogen-bond acceptors (Lipinski definition) is 3. The zero-order chi connectivity index (χ0) is 16.4. The van der Waals surface area contributed by atoms with Crippen molar-refractivity contribution in [3.05, 3.63) is 64.7 Å². The summed E-state index contributed by atoms with van der Waals surface area (Å²) in [5.41, 5.74) is 0.343. The average Bonchev–Trinajstić information content (AvgIpc) is 2.88. The highest BCUT2D eigenvalue weighted by Gasteiger charge is 2.22. The summed E-state index contributed by atoms with van der Waals surface area (Å²) < 4.78 is 15.3. The van der Waals surface area contributed by atoms with E-state index in [2.05, 4.69) is 5.32 Å². The molecule has 6 heteroatoms. The Hall–Kier alpha value is -2.47. The number of nitrogens with one attached hydrogen (secondary N) is 1. The number of anilines is 1. The van der Waals surface area contributed by atoms with E-state index in [4.69, 9.17) is 0 Å². The van der Waals surface area contributed by atoms with Crippen LogP contribution in [-0.2, 0) is 4.79 Å². The Morgan fingerprint density at radius 2 is 1.91 bits per heavy atom. The van der Waals surface area contributed by atoms with Gasteiger partial charge in [-0.15, -0.1) is 0 Å². The summed E-state index contributed by atoms with van der Waals surface area (Å²) in [6.45, 7) is 1.85. The quantitative estimate of drug-likeness (QED) is 0.791. The maximum absolute atomic E-state index is 12.9. The molecule has 0 bridgehead atoms. The third-order valence-corrected chi connectivity index (χ3v) is 4.77. The van der Waals surface area contributed by atoms with Gasteiger partial charge in [-0.1, -0.05) is 30.6 Å². The van der Waals surface area contributed by atoms with E-state index in [-0.39, 0.29) is 17.3 Å². The summed E-state index contributed by atoms with van der Waals surface area (Å²) in [7, 11) is 0. The first-order chi connectivity index (χ1) is 11.1. The molecule has 1 atom stereocenters. The van der Waals surface area contributed by atoms with Gasteiger partial charge in [-0.25, -0.2) is 4.39 Å². The molecule has 1 aromatic heterocycles. The molecule has 1 heterocycles. The Labute approximate surface area is 136 Å². The summed E-state index contributed by atoms with van der Waals surface area (Å²) in [5, 5.41) is 3.35. The predicted molar refractivity (Wildman–Crippen MR) is 90.4 cm³/mol. The molecule has 3 rings (SSSR count). The van der Waals surface area contributed by atoms with Crippen LogP contribution in [0.2, 0.25) is 0 Å². The molecule has 1 amide bonds. The summed E-state index contributed by atoms with van der Waals surface area (Å²) >= 11 is 1.28. The molecule has 0 spiro atoms. The van der Waals surface area contributed by atoms with Crippen molar-refractivity contribution in [3.63, 3.8) is 0 Å². The average molecular weight is 330 g/mol. The monoisotopic (exact) mass is 330 g/mol. The number of aromatic nitrogens is 1. The molecule has 0 aliphatic rings. The Kier molecular flexibility index (Phi) is 4.25. The van der Waals surface area contributed by atoms with E-state index in [0.717, 1.165) is 4.70 Å². The van der Waals surface area contributed by atoms with E-state index < -0.39 is 6.04 Å². The third-order valence-electron chi connectivity index (χ3n) is 3.60. The number of carbonyl (C=O) groups is 1. The van der Waals surface area contributed by atoms with Gasteiger partial charge in [0.15, 0.2) is 0 Å². The molecule has 0 unspecified atom stereocenters. The molecule has 0 aliphatic heterocycles. The maximum atomic E-state index is 12.9. The van der Waals surface area contributed by atoms with E-state index in [9.17, 15) is 14.0 Å². The lowest BCUT2D eigenvalue weighted by Gasteiger charge is -2.15. The summed E-state index contributed by atoms with van der Waals surface area (Å²) in [6.07, 6.45) is 0.486. The second kappa shape index (κ2) is 6.34. The predicted octanol–water partition coefficient (Wildman–Crippen LogP) is 3.79. The van der Waals surface area contributed by atoms with E-state index >= 15 is 0 Å². The van der Waals surface area contributed by atoms with Crippen LogP contribution < -0.4 is 10.9 Å². The SMILES string of the molecule is CC[C@H](C(=O)Nc1ccc(F)cc1)n1sc2ccccc2c1=O. The minimum Gasteiger partial charge on any atom is -0.324 e. The van der Waals surface area contributed by atoms with Crippen LogP contribution >= 0.6 is 11.5 Å². The van der Waals surface area contributed by atoms with E-state index in [0.29, 0.717) is 17.5 Å². The van der Waals surface area contributed by atoms with Gasteiger partial charge in [0, 0.05) is 5.69 Å². The minimum absolute atomic E-state index is 0.160. The van der Waals surface area contributed by atoms with Gasteiger partial charge in [0.1, 0.15) is 11.9 Å². The normalized spacial score (nSPS) is 12.3. The fourth-order valence-electron chi connectivity index (χ4n) is 2.41. The fraction of sp³-hybridized carbons (Fsp3) is 0.176. The van der Waals surface area contributed by atoms with Crippen molar-refractivity contribution in [2.45, 2.75) is 19.4 Å². The van der Waals surface area contributed by atoms with E-state index in [1.807, 2.05) is 19.1 Å². The van der Waals surface area contributed by atoms with E-state index in [1.165, 1.54) is 39.8 Å². The molecule has 0 saturated heterocycles. The molecule has 2 aromatic carbocycles. The van der Waals surface area contributed by atoms with Crippen LogP contribution in [-0.4, -0.2) is 9.86 Å². The highest BCUT2D eigenvalue weighted by molar-refractivity contribution is 7.14. The summed E-state index contributed by atoms with van der Waals surface area (Å²) in [6, 6.07) is 12.2. The van der Waals surface area contributed by atoms with Crippen molar-refractivity contribution in [1.29, 1.82) is 0 Å². The van der Waals surface area contributed by atoms with E-state index in [1.54, 1.807) is 12.1 Å². The van der Waals surface area contributed by atoms with Gasteiger partial charge in [-0.3, -0.25) is 13.5 Å². The molecule has 23 heavy (non-hydrogen) atoms. The summed E-state index contributed by atoms with van der Waals surface area (Å²) in [5.74, 6) is -0.650. The van der Waals surface area contributed by atoms with Crippen LogP contribution in [0.5, 0.6) is 0 Å². The highest BCUT2D eigenvalue weighted by Crippen LogP contribution is 2.22. The molecule has 3 aromatic rings. The molecular weight excluding hydrogens is 315 g/mol. The molecule has 4 nitrogen and oxygen atoms in total. The van der Waals surface area contributed by atoms with Crippen molar-refractivity contribution in [2.24, 2.45) is 0 Å². The number of nitrogens with zero attached hydrogens (tertiary/aromatic N) is 1. The molecule has 118 valence electrons. The Morgan fingerprint density at radius 3 is 2.57 bits per heavy atom. The van der Waals surface area contributed by atoms with Gasteiger partial charge >= 0.3 is 0 Å². The highest BCUT2D eigenvalue weighted by atomic mass is 32.1. The molecule has 1 N–H and O–H groups in total. The van der Waals surface area contributed by atoms with Crippen molar-refractivity contribution < 1.29 is 9.18 Å². The van der Waals surface area contributed by atoms with Gasteiger partial charge in [0.05, 0.1) is 10.1 Å². The first-order valence-corrected chi connectivity index (χ1v) is 8.04. The lowest BCUT2D eigenvalue weighted by molar-refractivity contribution is -0.119. The van der Waals surface area contributed by atoms with Gasteiger partial charge in [-0.2, -0.15) is 0 Å². The number of fused-ring (bicyclic) bond motifs is 1. The van der Waals surface area contributed by atoms with Crippen molar-refractivity contribution in [2.75, 3.05) is 5.32 Å².